The summed E-state index contributed by atoms with van der Waals surface area (Å²) in [6, 6.07) is 9.09. The minimum absolute atomic E-state index is 0.0584. The Morgan fingerprint density at radius 3 is 2.45 bits per heavy atom. The van der Waals surface area contributed by atoms with Crippen molar-refractivity contribution in [2.75, 3.05) is 0 Å². The second-order valence-corrected chi connectivity index (χ2v) is 6.65. The maximum Gasteiger partial charge on any atom is 0.301 e. The van der Waals surface area contributed by atoms with E-state index >= 15 is 0 Å². The molecule has 1 aromatic heterocycles. The van der Waals surface area contributed by atoms with E-state index in [-0.39, 0.29) is 11.6 Å². The van der Waals surface area contributed by atoms with E-state index in [1.165, 1.54) is 29.2 Å². The first-order valence-corrected chi connectivity index (χ1v) is 8.90. The molecular formula is C19H18N8O4. The Morgan fingerprint density at radius 2 is 1.84 bits per heavy atom. The van der Waals surface area contributed by atoms with Gasteiger partial charge < -0.3 is 11.5 Å². The van der Waals surface area contributed by atoms with Gasteiger partial charge in [-0.3, -0.25) is 20.2 Å². The van der Waals surface area contributed by atoms with Gasteiger partial charge in [0.1, 0.15) is 11.4 Å². The van der Waals surface area contributed by atoms with Crippen LogP contribution in [-0.4, -0.2) is 31.8 Å². The highest BCUT2D eigenvalue weighted by Gasteiger charge is 2.23. The number of hydrogen-bond donors (Lipinski definition) is 2. The normalized spacial score (nSPS) is 10.9. The van der Waals surface area contributed by atoms with E-state index in [9.17, 15) is 20.2 Å². The molecule has 0 spiro atoms. The zero-order chi connectivity index (χ0) is 22.7. The molecule has 0 bridgehead atoms. The van der Waals surface area contributed by atoms with E-state index in [2.05, 4.69) is 15.3 Å². The summed E-state index contributed by atoms with van der Waals surface area (Å²) in [6.45, 7) is 3.86. The van der Waals surface area contributed by atoms with E-state index in [1.807, 2.05) is 32.0 Å². The van der Waals surface area contributed by atoms with Crippen molar-refractivity contribution in [2.24, 2.45) is 21.7 Å². The van der Waals surface area contributed by atoms with E-state index in [0.717, 1.165) is 22.8 Å². The molecule has 0 aliphatic rings. The van der Waals surface area contributed by atoms with Gasteiger partial charge in [-0.05, 0) is 25.5 Å². The quantitative estimate of drug-likeness (QED) is 0.265. The molecule has 31 heavy (non-hydrogen) atoms. The topological polar surface area (TPSA) is 181 Å². The summed E-state index contributed by atoms with van der Waals surface area (Å²) in [5.74, 6) is -0.234. The lowest BCUT2D eigenvalue weighted by molar-refractivity contribution is -0.394. The zero-order valence-electron chi connectivity index (χ0n) is 16.6. The lowest BCUT2D eigenvalue weighted by Gasteiger charge is -2.05. The lowest BCUT2D eigenvalue weighted by Crippen LogP contribution is -2.21. The van der Waals surface area contributed by atoms with Crippen molar-refractivity contribution in [3.63, 3.8) is 0 Å². The minimum atomic E-state index is -0.700. The van der Waals surface area contributed by atoms with Crippen molar-refractivity contribution >= 4 is 23.5 Å². The SMILES string of the molecule is Cc1ccc(-c2nn(-c3ccc([N+](=O)[O-])cc3[N+](=O)[O-])cc2/C=N/N=C(N)N)c(C)c1. The Hall–Kier alpha value is -4.61. The summed E-state index contributed by atoms with van der Waals surface area (Å²) in [5.41, 5.74) is 13.5. The van der Waals surface area contributed by atoms with Crippen LogP contribution in [0.3, 0.4) is 0 Å². The Balaban J connectivity index is 2.22. The number of nitro groups is 2. The van der Waals surface area contributed by atoms with Crippen LogP contribution in [0, 0.1) is 34.1 Å². The third-order valence-electron chi connectivity index (χ3n) is 4.36. The number of non-ortho nitro benzene ring substituents is 1. The molecule has 158 valence electrons. The molecule has 12 heteroatoms. The molecule has 1 heterocycles. The molecule has 0 atom stereocenters. The molecule has 0 aliphatic heterocycles. The minimum Gasteiger partial charge on any atom is -0.369 e. The summed E-state index contributed by atoms with van der Waals surface area (Å²) >= 11 is 0. The van der Waals surface area contributed by atoms with Gasteiger partial charge in [-0.25, -0.2) is 4.68 Å². The second-order valence-electron chi connectivity index (χ2n) is 6.65. The number of benzene rings is 2. The summed E-state index contributed by atoms with van der Waals surface area (Å²) in [6.07, 6.45) is 2.88. The predicted octanol–water partition coefficient (Wildman–Crippen LogP) is 2.58. The number of nitrogens with zero attached hydrogens (tertiary/aromatic N) is 6. The maximum atomic E-state index is 11.5. The first-order chi connectivity index (χ1) is 14.7. The predicted molar refractivity (Wildman–Crippen MR) is 115 cm³/mol. The fraction of sp³-hybridized carbons (Fsp3) is 0.105. The third-order valence-corrected chi connectivity index (χ3v) is 4.36. The van der Waals surface area contributed by atoms with Crippen molar-refractivity contribution in [1.82, 2.24) is 9.78 Å². The van der Waals surface area contributed by atoms with Gasteiger partial charge in [-0.1, -0.05) is 23.8 Å². The number of aromatic nitrogens is 2. The summed E-state index contributed by atoms with van der Waals surface area (Å²) in [5, 5.41) is 34.4. The van der Waals surface area contributed by atoms with Crippen LogP contribution in [0.4, 0.5) is 11.4 Å². The Kier molecular flexibility index (Phi) is 5.72. The average Bonchev–Trinajstić information content (AvgIpc) is 3.10. The molecule has 3 rings (SSSR count). The summed E-state index contributed by atoms with van der Waals surface area (Å²) in [4.78, 5) is 21.2. The van der Waals surface area contributed by atoms with Crippen molar-refractivity contribution in [1.29, 1.82) is 0 Å². The monoisotopic (exact) mass is 422 g/mol. The zero-order valence-corrected chi connectivity index (χ0v) is 16.6. The highest BCUT2D eigenvalue weighted by Crippen LogP contribution is 2.31. The molecule has 0 saturated heterocycles. The molecule has 4 N–H and O–H groups in total. The van der Waals surface area contributed by atoms with Gasteiger partial charge in [-0.15, -0.1) is 5.10 Å². The average molecular weight is 422 g/mol. The molecule has 0 fully saturated rings. The van der Waals surface area contributed by atoms with Gasteiger partial charge >= 0.3 is 5.69 Å². The van der Waals surface area contributed by atoms with Gasteiger partial charge in [-0.2, -0.15) is 10.2 Å². The lowest BCUT2D eigenvalue weighted by atomic mass is 10.0. The van der Waals surface area contributed by atoms with Gasteiger partial charge in [0.25, 0.3) is 5.69 Å². The standard InChI is InChI=1S/C19H18N8O4/c1-11-3-5-15(12(2)7-11)18-13(9-22-23-19(20)21)10-25(24-18)16-6-4-14(26(28)29)8-17(16)27(30)31/h3-10H,1-2H3,(H4,20,21,23)/b22-9+. The van der Waals surface area contributed by atoms with E-state index < -0.39 is 21.2 Å². The molecule has 0 radical (unpaired) electrons. The van der Waals surface area contributed by atoms with Crippen molar-refractivity contribution in [3.05, 3.63) is 79.5 Å². The second kappa shape index (κ2) is 8.41. The number of guanidine groups is 1. The highest BCUT2D eigenvalue weighted by molar-refractivity contribution is 5.90. The summed E-state index contributed by atoms with van der Waals surface area (Å²) < 4.78 is 1.27. The Labute approximate surface area is 175 Å². The number of rotatable bonds is 6. The van der Waals surface area contributed by atoms with E-state index in [1.54, 1.807) is 0 Å². The van der Waals surface area contributed by atoms with Crippen LogP contribution in [0.25, 0.3) is 16.9 Å². The maximum absolute atomic E-state index is 11.5. The largest absolute Gasteiger partial charge is 0.369 e. The third kappa shape index (κ3) is 4.53. The smallest absolute Gasteiger partial charge is 0.301 e. The first-order valence-electron chi connectivity index (χ1n) is 8.90. The molecule has 0 amide bonds. The molecular weight excluding hydrogens is 404 g/mol. The Bertz CT molecular complexity index is 1240. The number of aryl methyl sites for hydroxylation is 2. The van der Waals surface area contributed by atoms with Gasteiger partial charge in [0, 0.05) is 23.4 Å². The van der Waals surface area contributed by atoms with Gasteiger partial charge in [0.15, 0.2) is 0 Å². The molecule has 3 aromatic rings. The molecule has 0 saturated carbocycles. The molecule has 2 aromatic carbocycles. The van der Waals surface area contributed by atoms with Crippen molar-refractivity contribution in [2.45, 2.75) is 13.8 Å². The van der Waals surface area contributed by atoms with Crippen LogP contribution in [0.5, 0.6) is 0 Å². The van der Waals surface area contributed by atoms with Crippen molar-refractivity contribution in [3.8, 4) is 16.9 Å². The number of nitrogens with two attached hydrogens (primary N) is 2. The van der Waals surface area contributed by atoms with E-state index in [0.29, 0.717) is 11.3 Å². The van der Waals surface area contributed by atoms with Crippen LogP contribution in [-0.2, 0) is 0 Å². The fourth-order valence-corrected chi connectivity index (χ4v) is 3.02. The van der Waals surface area contributed by atoms with Crippen molar-refractivity contribution < 1.29 is 9.85 Å². The highest BCUT2D eigenvalue weighted by atomic mass is 16.6. The summed E-state index contributed by atoms with van der Waals surface area (Å²) in [7, 11) is 0. The molecule has 0 unspecified atom stereocenters. The fourth-order valence-electron chi connectivity index (χ4n) is 3.02. The van der Waals surface area contributed by atoms with Gasteiger partial charge in [0.05, 0.1) is 22.1 Å². The van der Waals surface area contributed by atoms with Crippen LogP contribution in [0.1, 0.15) is 16.7 Å². The van der Waals surface area contributed by atoms with E-state index in [4.69, 9.17) is 11.5 Å². The molecule has 12 nitrogen and oxygen atoms in total. The van der Waals surface area contributed by atoms with Crippen LogP contribution in [0.2, 0.25) is 0 Å². The van der Waals surface area contributed by atoms with Crippen LogP contribution >= 0.6 is 0 Å². The first kappa shape index (κ1) is 21.1. The number of hydrogen-bond acceptors (Lipinski definition) is 7. The number of nitro benzene ring substituents is 2. The Morgan fingerprint density at radius 1 is 1.10 bits per heavy atom. The molecule has 0 aliphatic carbocycles. The van der Waals surface area contributed by atoms with Gasteiger partial charge in [0.2, 0.25) is 5.96 Å². The van der Waals surface area contributed by atoms with Crippen LogP contribution in [0.15, 0.2) is 52.8 Å². The van der Waals surface area contributed by atoms with Crippen LogP contribution < -0.4 is 11.5 Å².